The third-order valence-corrected chi connectivity index (χ3v) is 15.2. The van der Waals surface area contributed by atoms with Crippen LogP contribution in [0.3, 0.4) is 0 Å². The van der Waals surface area contributed by atoms with E-state index in [9.17, 15) is 33.6 Å². The largest absolute Gasteiger partial charge is 0.494 e. The van der Waals surface area contributed by atoms with Crippen LogP contribution in [0.25, 0.3) is 11.1 Å². The summed E-state index contributed by atoms with van der Waals surface area (Å²) in [5.41, 5.74) is 18.9. The Kier molecular flexibility index (Phi) is 30.4. The van der Waals surface area contributed by atoms with Gasteiger partial charge in [-0.25, -0.2) is 9.59 Å². The van der Waals surface area contributed by atoms with Crippen molar-refractivity contribution in [2.24, 2.45) is 0 Å². The van der Waals surface area contributed by atoms with E-state index in [1.807, 2.05) is 151 Å². The van der Waals surface area contributed by atoms with Crippen molar-refractivity contribution in [3.05, 3.63) is 219 Å². The van der Waals surface area contributed by atoms with Crippen molar-refractivity contribution in [2.75, 3.05) is 32.7 Å². The maximum absolute atomic E-state index is 12.2. The Morgan fingerprint density at radius 1 is 0.544 bits per heavy atom. The first-order valence-corrected chi connectivity index (χ1v) is 33.7. The number of carboxylic acids is 1. The normalized spacial score (nSPS) is 12.3. The van der Waals surface area contributed by atoms with E-state index in [0.29, 0.717) is 40.3 Å². The summed E-state index contributed by atoms with van der Waals surface area (Å²) in [6.07, 6.45) is 1.94. The first-order chi connectivity index (χ1) is 48.2. The number of hydrogen-bond acceptors (Lipinski definition) is 17. The Balaban J connectivity index is 0.000000232. The summed E-state index contributed by atoms with van der Waals surface area (Å²) < 4.78 is 26.5. The summed E-state index contributed by atoms with van der Waals surface area (Å²) in [4.78, 5) is 80.7. The lowest BCUT2D eigenvalue weighted by molar-refractivity contribution is -0.136. The molecule has 26 nitrogen and oxygen atoms in total. The van der Waals surface area contributed by atoms with Crippen LogP contribution < -0.4 is 38.2 Å². The molecule has 1 aliphatic heterocycles. The minimum absolute atomic E-state index is 0.0828. The number of amides is 4. The van der Waals surface area contributed by atoms with Crippen LogP contribution in [0.15, 0.2) is 180 Å². The fourth-order valence-corrected chi connectivity index (χ4v) is 9.74. The molecule has 103 heavy (non-hydrogen) atoms. The number of nitrogens with two attached hydrogens (primary N) is 2. The number of aryl methyl sites for hydroxylation is 4. The van der Waals surface area contributed by atoms with Gasteiger partial charge in [-0.05, 0) is 191 Å². The van der Waals surface area contributed by atoms with Gasteiger partial charge in [0.05, 0.1) is 30.5 Å². The van der Waals surface area contributed by atoms with Crippen LogP contribution in [-0.4, -0.2) is 116 Å². The number of aliphatic carboxylic acids is 1. The average Bonchev–Trinajstić information content (AvgIpc) is 1.63. The number of aromatic nitrogens is 8. The number of carbonyl (C=O) groups is 7. The van der Waals surface area contributed by atoms with Gasteiger partial charge < -0.3 is 56.6 Å². The lowest BCUT2D eigenvalue weighted by Crippen LogP contribution is -2.41. The molecule has 5 heterocycles. The maximum atomic E-state index is 12.2. The summed E-state index contributed by atoms with van der Waals surface area (Å²) in [6.45, 7) is 32.9. The number of halogens is 2. The third kappa shape index (κ3) is 29.0. The van der Waals surface area contributed by atoms with Gasteiger partial charge in [0.1, 0.15) is 22.8 Å². The minimum Gasteiger partial charge on any atom is -0.481 e. The predicted molar refractivity (Wildman–Crippen MR) is 409 cm³/mol. The monoisotopic (exact) mass is 1530 g/mol. The van der Waals surface area contributed by atoms with E-state index in [2.05, 4.69) is 96.9 Å². The van der Waals surface area contributed by atoms with E-state index in [1.54, 1.807) is 91.8 Å². The number of aromatic amines is 2. The van der Waals surface area contributed by atoms with Gasteiger partial charge in [0, 0.05) is 67.4 Å². The molecule has 0 unspecified atom stereocenters. The van der Waals surface area contributed by atoms with Crippen molar-refractivity contribution < 1.29 is 57.5 Å². The van der Waals surface area contributed by atoms with E-state index < -0.39 is 29.4 Å². The van der Waals surface area contributed by atoms with Gasteiger partial charge in [-0.3, -0.25) is 34.2 Å². The number of nitrogens with one attached hydrogen (secondary N) is 6. The van der Waals surface area contributed by atoms with Crippen LogP contribution in [0.1, 0.15) is 109 Å². The van der Waals surface area contributed by atoms with Gasteiger partial charge in [0.25, 0.3) is 0 Å². The van der Waals surface area contributed by atoms with Gasteiger partial charge in [-0.15, -0.1) is 10.2 Å². The second-order valence-electron chi connectivity index (χ2n) is 26.2. The highest BCUT2D eigenvalue weighted by atomic mass is 79.9. The number of rotatable bonds is 14. The van der Waals surface area contributed by atoms with Crippen LogP contribution in [0.4, 0.5) is 44.2 Å². The first kappa shape index (κ1) is 82.9. The number of H-pyrrole nitrogens is 2. The summed E-state index contributed by atoms with van der Waals surface area (Å²) in [6, 6.07) is 44.3. The number of ether oxygens (including phenoxy) is 2. The molecule has 0 bridgehead atoms. The van der Waals surface area contributed by atoms with E-state index in [0.717, 1.165) is 68.7 Å². The molecule has 0 atom stereocenters. The van der Waals surface area contributed by atoms with Crippen LogP contribution in [-0.2, 0) is 62.0 Å². The Labute approximate surface area is 616 Å². The van der Waals surface area contributed by atoms with E-state index >= 15 is 0 Å². The molecule has 0 aliphatic carbocycles. The van der Waals surface area contributed by atoms with Crippen molar-refractivity contribution in [3.8, 4) is 11.1 Å². The van der Waals surface area contributed by atoms with Crippen LogP contribution in [0, 0.1) is 27.7 Å². The molecule has 544 valence electrons. The maximum Gasteiger partial charge on any atom is 0.494 e. The highest BCUT2D eigenvalue weighted by molar-refractivity contribution is 9.10. The molecule has 9 aromatic rings. The fourth-order valence-electron chi connectivity index (χ4n) is 8.84. The molecule has 10 rings (SSSR count). The van der Waals surface area contributed by atoms with Crippen molar-refractivity contribution in [1.82, 2.24) is 40.0 Å². The van der Waals surface area contributed by atoms with E-state index in [-0.39, 0.29) is 61.2 Å². The van der Waals surface area contributed by atoms with E-state index in [4.69, 9.17) is 35.4 Å². The second-order valence-corrected chi connectivity index (χ2v) is 28.1. The highest BCUT2D eigenvalue weighted by Crippen LogP contribution is 2.36. The Bertz CT molecular complexity index is 4360. The number of benzene rings is 5. The first-order valence-electron chi connectivity index (χ1n) is 32.2. The van der Waals surface area contributed by atoms with Crippen molar-refractivity contribution in [3.63, 3.8) is 0 Å². The van der Waals surface area contributed by atoms with Gasteiger partial charge in [0.15, 0.2) is 11.6 Å². The molecule has 1 saturated heterocycles. The summed E-state index contributed by atoms with van der Waals surface area (Å²) in [5, 5.41) is 40.4. The Morgan fingerprint density at radius 3 is 1.39 bits per heavy atom. The molecular formula is C74H89BBr2N14O12. The number of carboxylic acid groups (broad SMARTS) is 1. The standard InChI is InChI=1S/C21H20N4O2.C17H20BrN3O3.C15H20BNO3.C9H15N3O2.C8H7BrO2.C4H7N3/c1-3-20(26)22-18-9-7-16(8-10-18)17-6-4-5-15(12-17)13-21(27)23-19-11-14(2)24-25-19;1-11-8-14(20-21(11)16(23)24-17(2,3)4)19-15(22)10-12-6-5-7-13(18)9-12;1-6-13(18)17-12-9-7-11(8-10-12)16-19-14(2,3)15(4,5)20-16;1-6-5-7(10)11-12(6)8(13)14-9(2,3)4;9-7-3-1-2-6(4-7)5-8(10)11;1-3-2-4(5)7-6-3/h3-12H,1,13H2,2H3,(H,22,26)(H2,23,24,25,27);5-9H,10H2,1-4H3,(H,19,20,22);6-10H,1H2,2-5H3,(H,17,18);5H,1-4H3,(H2,10,11);1-4H,5H2,(H,10,11);2H,1H3,(H3,5,6,7). The van der Waals surface area contributed by atoms with Crippen LogP contribution in [0.5, 0.6) is 0 Å². The molecule has 0 saturated carbocycles. The Hall–Kier alpha value is -10.7. The third-order valence-electron chi connectivity index (χ3n) is 14.2. The quantitative estimate of drug-likeness (QED) is 0.0361. The smallest absolute Gasteiger partial charge is 0.481 e. The molecular weight excluding hydrogens is 1450 g/mol. The molecule has 1 aliphatic rings. The van der Waals surface area contributed by atoms with Crippen LogP contribution >= 0.6 is 31.9 Å². The van der Waals surface area contributed by atoms with Crippen molar-refractivity contribution in [2.45, 2.75) is 139 Å². The van der Waals surface area contributed by atoms with E-state index in [1.165, 1.54) is 12.2 Å². The summed E-state index contributed by atoms with van der Waals surface area (Å²) >= 11 is 6.63. The van der Waals surface area contributed by atoms with Gasteiger partial charge >= 0.3 is 25.3 Å². The molecule has 11 N–H and O–H groups in total. The number of anilines is 6. The molecule has 0 radical (unpaired) electrons. The fraction of sp³-hybridized carbons (Fsp3) is 0.284. The zero-order valence-electron chi connectivity index (χ0n) is 60.2. The number of nitrogens with zero attached hydrogens (tertiary/aromatic N) is 6. The zero-order valence-corrected chi connectivity index (χ0v) is 63.3. The van der Waals surface area contributed by atoms with Gasteiger partial charge in [-0.2, -0.15) is 19.6 Å². The highest BCUT2D eigenvalue weighted by Gasteiger charge is 2.51. The Morgan fingerprint density at radius 2 is 0.981 bits per heavy atom. The molecule has 1 fully saturated rings. The average molecular weight is 1540 g/mol. The van der Waals surface area contributed by atoms with Crippen molar-refractivity contribution in [1.29, 1.82) is 0 Å². The summed E-state index contributed by atoms with van der Waals surface area (Å²) in [7, 11) is -0.385. The minimum atomic E-state index is -0.803. The molecule has 0 spiro atoms. The molecule has 4 amide bonds. The molecule has 29 heteroatoms. The lowest BCUT2D eigenvalue weighted by Gasteiger charge is -2.32. The number of carbonyl (C=O) groups excluding carboxylic acids is 6. The summed E-state index contributed by atoms with van der Waals surface area (Å²) in [5.74, 6) is 0.0949. The topological polar surface area (TPSA) is 370 Å². The lowest BCUT2D eigenvalue weighted by atomic mass is 9.79. The molecule has 4 aromatic heterocycles. The molecule has 5 aromatic carbocycles. The second kappa shape index (κ2) is 37.8. The van der Waals surface area contributed by atoms with Gasteiger partial charge in [-0.1, -0.05) is 118 Å². The van der Waals surface area contributed by atoms with Crippen LogP contribution in [0.2, 0.25) is 0 Å². The SMILES string of the molecule is C=CC(=O)Nc1ccc(-c2cccc(CC(=O)Nc3cc(C)[nH]n3)c2)cc1.C=CC(=O)Nc1ccc(B2OC(C)(C)C(C)(C)O2)cc1.Cc1cc(N)n[nH]1.Cc1cc(N)nn1C(=O)OC(C)(C)C.Cc1cc(NC(=O)Cc2cccc(Br)c2)nn1C(=O)OC(C)(C)C.O=C(O)Cc1cccc(Br)c1. The van der Waals surface area contributed by atoms with Crippen molar-refractivity contribution >= 4 is 121 Å². The zero-order chi connectivity index (χ0) is 76.6. The van der Waals surface area contributed by atoms with Gasteiger partial charge in [0.2, 0.25) is 23.6 Å². The number of hydrogen-bond donors (Lipinski definition) is 9. The predicted octanol–water partition coefficient (Wildman–Crippen LogP) is 13.7. The number of nitrogen functional groups attached to an aromatic ring is 2.